The van der Waals surface area contributed by atoms with E-state index in [9.17, 15) is 0 Å². The van der Waals surface area contributed by atoms with Crippen molar-refractivity contribution in [3.63, 3.8) is 0 Å². The van der Waals surface area contributed by atoms with Crippen LogP contribution < -0.4 is 0 Å². The molecule has 7 aromatic rings. The van der Waals surface area contributed by atoms with E-state index < -0.39 is 0 Å². The highest BCUT2D eigenvalue weighted by Crippen LogP contribution is 2.37. The number of fused-ring (bicyclic) bond motifs is 3. The second-order valence-corrected chi connectivity index (χ2v) is 10.4. The molecule has 0 atom stereocenters. The summed E-state index contributed by atoms with van der Waals surface area (Å²) < 4.78 is 0. The quantitative estimate of drug-likeness (QED) is 0.219. The van der Waals surface area contributed by atoms with E-state index in [2.05, 4.69) is 140 Å². The van der Waals surface area contributed by atoms with Gasteiger partial charge in [-0.25, -0.2) is 0 Å². The molecule has 5 aromatic carbocycles. The van der Waals surface area contributed by atoms with Gasteiger partial charge in [-0.05, 0) is 94.8 Å². The molecule has 0 N–H and O–H groups in total. The second kappa shape index (κ2) is 9.91. The zero-order chi connectivity index (χ0) is 27.1. The van der Waals surface area contributed by atoms with E-state index in [1.807, 2.05) is 6.92 Å². The maximum Gasteiger partial charge on any atom is 0.0974 e. The molecule has 2 nitrogen and oxygen atoms in total. The van der Waals surface area contributed by atoms with Gasteiger partial charge in [-0.15, -0.1) is 0 Å². The SMILES string of the molecule is Cc1ccc2ccc3c(-c4cccc(-c5cc(-c6ccccc6)cc(-c6ccccc6)c5)c4)cc(C)nc3c2n1. The van der Waals surface area contributed by atoms with Gasteiger partial charge in [0.2, 0.25) is 0 Å². The van der Waals surface area contributed by atoms with Crippen LogP contribution in [-0.2, 0) is 0 Å². The minimum Gasteiger partial charge on any atom is -0.251 e. The fourth-order valence-corrected chi connectivity index (χ4v) is 5.59. The molecular formula is C38H28N2. The van der Waals surface area contributed by atoms with E-state index in [1.165, 1.54) is 44.5 Å². The molecule has 0 fully saturated rings. The number of hydrogen-bond donors (Lipinski definition) is 0. The molecule has 2 heterocycles. The first-order chi connectivity index (χ1) is 19.6. The van der Waals surface area contributed by atoms with E-state index in [-0.39, 0.29) is 0 Å². The number of hydrogen-bond acceptors (Lipinski definition) is 2. The third-order valence-electron chi connectivity index (χ3n) is 7.56. The zero-order valence-electron chi connectivity index (χ0n) is 22.6. The molecule has 0 aliphatic rings. The molecule has 7 rings (SSSR count). The van der Waals surface area contributed by atoms with E-state index in [0.717, 1.165) is 33.2 Å². The van der Waals surface area contributed by atoms with Gasteiger partial charge in [-0.1, -0.05) is 97.1 Å². The van der Waals surface area contributed by atoms with Crippen molar-refractivity contribution in [1.82, 2.24) is 9.97 Å². The lowest BCUT2D eigenvalue weighted by Crippen LogP contribution is -1.93. The highest BCUT2D eigenvalue weighted by Gasteiger charge is 2.13. The molecule has 40 heavy (non-hydrogen) atoms. The first kappa shape index (κ1) is 24.0. The Hall–Kier alpha value is -5.08. The molecule has 0 radical (unpaired) electrons. The van der Waals surface area contributed by atoms with Crippen molar-refractivity contribution in [2.24, 2.45) is 0 Å². The summed E-state index contributed by atoms with van der Waals surface area (Å²) in [6, 6.07) is 47.7. The fraction of sp³-hybridized carbons (Fsp3) is 0.0526. The maximum absolute atomic E-state index is 4.94. The van der Waals surface area contributed by atoms with Crippen LogP contribution in [0.3, 0.4) is 0 Å². The van der Waals surface area contributed by atoms with Gasteiger partial charge in [0.15, 0.2) is 0 Å². The smallest absolute Gasteiger partial charge is 0.0974 e. The Morgan fingerprint density at radius 2 is 0.900 bits per heavy atom. The average Bonchev–Trinajstić information content (AvgIpc) is 3.01. The molecule has 0 amide bonds. The Balaban J connectivity index is 1.41. The van der Waals surface area contributed by atoms with Gasteiger partial charge in [-0.3, -0.25) is 9.97 Å². The molecule has 0 aliphatic heterocycles. The molecule has 0 aliphatic carbocycles. The molecule has 0 saturated heterocycles. The molecule has 0 spiro atoms. The van der Waals surface area contributed by atoms with Crippen LogP contribution in [0.4, 0.5) is 0 Å². The first-order valence-electron chi connectivity index (χ1n) is 13.7. The summed E-state index contributed by atoms with van der Waals surface area (Å²) in [4.78, 5) is 9.80. The van der Waals surface area contributed by atoms with Crippen molar-refractivity contribution in [2.75, 3.05) is 0 Å². The third kappa shape index (κ3) is 4.44. The van der Waals surface area contributed by atoms with Crippen LogP contribution in [0.1, 0.15) is 11.4 Å². The normalized spacial score (nSPS) is 11.2. The van der Waals surface area contributed by atoms with Crippen LogP contribution in [0.25, 0.3) is 66.3 Å². The lowest BCUT2D eigenvalue weighted by atomic mass is 9.91. The Bertz CT molecular complexity index is 1950. The van der Waals surface area contributed by atoms with Crippen molar-refractivity contribution >= 4 is 21.8 Å². The largest absolute Gasteiger partial charge is 0.251 e. The summed E-state index contributed by atoms with van der Waals surface area (Å²) >= 11 is 0. The van der Waals surface area contributed by atoms with E-state index >= 15 is 0 Å². The fourth-order valence-electron chi connectivity index (χ4n) is 5.59. The predicted octanol–water partition coefficient (Wildman–Crippen LogP) is 10.1. The van der Waals surface area contributed by atoms with Gasteiger partial charge >= 0.3 is 0 Å². The number of benzene rings is 5. The lowest BCUT2D eigenvalue weighted by Gasteiger charge is -2.14. The topological polar surface area (TPSA) is 25.8 Å². The van der Waals surface area contributed by atoms with Gasteiger partial charge in [0.25, 0.3) is 0 Å². The van der Waals surface area contributed by atoms with Crippen LogP contribution in [0, 0.1) is 13.8 Å². The van der Waals surface area contributed by atoms with E-state index in [1.54, 1.807) is 0 Å². The van der Waals surface area contributed by atoms with Gasteiger partial charge in [0.1, 0.15) is 0 Å². The summed E-state index contributed by atoms with van der Waals surface area (Å²) in [7, 11) is 0. The molecule has 2 aromatic heterocycles. The third-order valence-corrected chi connectivity index (χ3v) is 7.56. The van der Waals surface area contributed by atoms with Gasteiger partial charge in [0, 0.05) is 22.2 Å². The zero-order valence-corrected chi connectivity index (χ0v) is 22.6. The standard InChI is InChI=1S/C38H28N2/c1-25-16-17-29-18-19-35-36(20-26(2)40-38(35)37(29)39-25)31-15-9-14-30(21-31)34-23-32(27-10-5-3-6-11-27)22-33(24-34)28-12-7-4-8-13-28/h3-24H,1-2H3. The van der Waals surface area contributed by atoms with E-state index in [4.69, 9.17) is 9.97 Å². The summed E-state index contributed by atoms with van der Waals surface area (Å²) in [6.07, 6.45) is 0. The van der Waals surface area contributed by atoms with Crippen molar-refractivity contribution in [3.8, 4) is 44.5 Å². The Kier molecular flexibility index (Phi) is 5.94. The summed E-state index contributed by atoms with van der Waals surface area (Å²) in [6.45, 7) is 4.10. The van der Waals surface area contributed by atoms with Gasteiger partial charge in [-0.2, -0.15) is 0 Å². The summed E-state index contributed by atoms with van der Waals surface area (Å²) in [5, 5.41) is 2.23. The van der Waals surface area contributed by atoms with Crippen LogP contribution in [0.2, 0.25) is 0 Å². The first-order valence-corrected chi connectivity index (χ1v) is 13.7. The maximum atomic E-state index is 4.94. The molecule has 0 bridgehead atoms. The summed E-state index contributed by atoms with van der Waals surface area (Å²) in [5.74, 6) is 0. The Labute approximate surface area is 234 Å². The van der Waals surface area contributed by atoms with Gasteiger partial charge in [0.05, 0.1) is 11.0 Å². The molecule has 2 heteroatoms. The molecule has 0 saturated carbocycles. The second-order valence-electron chi connectivity index (χ2n) is 10.4. The minimum atomic E-state index is 0.957. The van der Waals surface area contributed by atoms with Crippen molar-refractivity contribution in [3.05, 3.63) is 145 Å². The summed E-state index contributed by atoms with van der Waals surface area (Å²) in [5.41, 5.74) is 13.5. The number of pyridine rings is 2. The van der Waals surface area contributed by atoms with E-state index in [0.29, 0.717) is 0 Å². The van der Waals surface area contributed by atoms with Crippen molar-refractivity contribution in [1.29, 1.82) is 0 Å². The van der Waals surface area contributed by atoms with Crippen LogP contribution >= 0.6 is 0 Å². The van der Waals surface area contributed by atoms with Crippen LogP contribution in [0.15, 0.2) is 133 Å². The number of aromatic nitrogens is 2. The van der Waals surface area contributed by atoms with Crippen molar-refractivity contribution in [2.45, 2.75) is 13.8 Å². The number of nitrogens with zero attached hydrogens (tertiary/aromatic N) is 2. The molecule has 0 unspecified atom stereocenters. The minimum absolute atomic E-state index is 0.957. The highest BCUT2D eigenvalue weighted by molar-refractivity contribution is 6.08. The number of aryl methyl sites for hydroxylation is 2. The molecule has 190 valence electrons. The van der Waals surface area contributed by atoms with Crippen LogP contribution in [0.5, 0.6) is 0 Å². The highest BCUT2D eigenvalue weighted by atomic mass is 14.8. The van der Waals surface area contributed by atoms with Crippen LogP contribution in [-0.4, -0.2) is 9.97 Å². The monoisotopic (exact) mass is 512 g/mol. The average molecular weight is 513 g/mol. The predicted molar refractivity (Wildman–Crippen MR) is 168 cm³/mol. The van der Waals surface area contributed by atoms with Crippen molar-refractivity contribution < 1.29 is 0 Å². The Morgan fingerprint density at radius 3 is 1.57 bits per heavy atom. The number of rotatable bonds is 4. The molecular weight excluding hydrogens is 484 g/mol. The van der Waals surface area contributed by atoms with Gasteiger partial charge < -0.3 is 0 Å². The lowest BCUT2D eigenvalue weighted by molar-refractivity contribution is 1.23. The Morgan fingerprint density at radius 1 is 0.375 bits per heavy atom.